The molecular formula is C11H19N3O. The molecule has 0 aliphatic heterocycles. The minimum atomic E-state index is -0.0807. The molecule has 0 aliphatic rings. The highest BCUT2D eigenvalue weighted by atomic mass is 16.1. The van der Waals surface area contributed by atoms with Crippen LogP contribution in [0.5, 0.6) is 0 Å². The molecule has 0 radical (unpaired) electrons. The Morgan fingerprint density at radius 3 is 2.67 bits per heavy atom. The summed E-state index contributed by atoms with van der Waals surface area (Å²) in [5.41, 5.74) is 0.696. The summed E-state index contributed by atoms with van der Waals surface area (Å²) in [5.74, 6) is 0.752. The maximum Gasteiger partial charge on any atom is 0.251 e. The van der Waals surface area contributed by atoms with Gasteiger partial charge in [0.1, 0.15) is 5.82 Å². The van der Waals surface area contributed by atoms with Crippen molar-refractivity contribution in [3.8, 4) is 0 Å². The smallest absolute Gasteiger partial charge is 0.251 e. The minimum Gasteiger partial charge on any atom is -0.319 e. The average Bonchev–Trinajstić information content (AvgIpc) is 2.12. The van der Waals surface area contributed by atoms with E-state index >= 15 is 0 Å². The number of H-pyrrole nitrogens is 1. The molecule has 2 N–H and O–H groups in total. The normalized spacial score (nSPS) is 11.7. The molecule has 0 atom stereocenters. The molecule has 0 saturated heterocycles. The Balaban J connectivity index is 3.01. The zero-order valence-electron chi connectivity index (χ0n) is 9.85. The van der Waals surface area contributed by atoms with Gasteiger partial charge in [0.15, 0.2) is 0 Å². The van der Waals surface area contributed by atoms with Crippen molar-refractivity contribution in [1.29, 1.82) is 0 Å². The molecule has 0 spiro atoms. The van der Waals surface area contributed by atoms with E-state index in [4.69, 9.17) is 0 Å². The Kier molecular flexibility index (Phi) is 3.63. The van der Waals surface area contributed by atoms with Gasteiger partial charge in [-0.3, -0.25) is 4.79 Å². The van der Waals surface area contributed by atoms with Gasteiger partial charge in [-0.1, -0.05) is 20.8 Å². The first-order valence-corrected chi connectivity index (χ1v) is 5.19. The molecule has 4 nitrogen and oxygen atoms in total. The summed E-state index contributed by atoms with van der Waals surface area (Å²) in [5, 5.41) is 3.03. The Morgan fingerprint density at radius 2 is 2.13 bits per heavy atom. The van der Waals surface area contributed by atoms with Gasteiger partial charge in [0.2, 0.25) is 0 Å². The maximum absolute atomic E-state index is 11.4. The zero-order valence-corrected chi connectivity index (χ0v) is 9.85. The summed E-state index contributed by atoms with van der Waals surface area (Å²) in [4.78, 5) is 18.6. The molecule has 0 fully saturated rings. The highest BCUT2D eigenvalue weighted by molar-refractivity contribution is 5.12. The quantitative estimate of drug-likeness (QED) is 0.775. The van der Waals surface area contributed by atoms with E-state index in [1.807, 2.05) is 7.05 Å². The van der Waals surface area contributed by atoms with Crippen LogP contribution < -0.4 is 10.9 Å². The molecule has 0 amide bonds. The fraction of sp³-hybridized carbons (Fsp3) is 0.636. The van der Waals surface area contributed by atoms with Gasteiger partial charge < -0.3 is 10.3 Å². The second kappa shape index (κ2) is 4.57. The van der Waals surface area contributed by atoms with Crippen molar-refractivity contribution >= 4 is 0 Å². The molecule has 84 valence electrons. The second-order valence-electron chi connectivity index (χ2n) is 4.68. The van der Waals surface area contributed by atoms with Gasteiger partial charge in [-0.05, 0) is 7.05 Å². The molecular weight excluding hydrogens is 190 g/mol. The van der Waals surface area contributed by atoms with Crippen LogP contribution in [-0.2, 0) is 11.8 Å². The summed E-state index contributed by atoms with van der Waals surface area (Å²) in [6, 6.07) is 1.57. The van der Waals surface area contributed by atoms with Gasteiger partial charge >= 0.3 is 0 Å². The van der Waals surface area contributed by atoms with Crippen molar-refractivity contribution in [2.24, 2.45) is 0 Å². The number of likely N-dealkylation sites (N-methyl/N-ethyl adjacent to an activating group) is 1. The zero-order chi connectivity index (χ0) is 11.5. The topological polar surface area (TPSA) is 57.8 Å². The fourth-order valence-electron chi connectivity index (χ4n) is 1.25. The monoisotopic (exact) mass is 209 g/mol. The van der Waals surface area contributed by atoms with Crippen LogP contribution in [0.15, 0.2) is 10.9 Å². The van der Waals surface area contributed by atoms with E-state index in [1.165, 1.54) is 0 Å². The minimum absolute atomic E-state index is 0.0685. The van der Waals surface area contributed by atoms with Crippen molar-refractivity contribution in [2.75, 3.05) is 13.6 Å². The van der Waals surface area contributed by atoms with Gasteiger partial charge in [-0.2, -0.15) is 0 Å². The van der Waals surface area contributed by atoms with Crippen molar-refractivity contribution in [3.63, 3.8) is 0 Å². The number of aromatic amines is 1. The van der Waals surface area contributed by atoms with Crippen LogP contribution in [0.1, 0.15) is 32.3 Å². The molecule has 0 bridgehead atoms. The van der Waals surface area contributed by atoms with Gasteiger partial charge in [0.25, 0.3) is 5.56 Å². The molecule has 0 aromatic carbocycles. The Hall–Kier alpha value is -1.16. The molecule has 0 aliphatic carbocycles. The molecule has 1 aromatic heterocycles. The number of hydrogen-bond acceptors (Lipinski definition) is 3. The molecule has 15 heavy (non-hydrogen) atoms. The Bertz CT molecular complexity index is 376. The van der Waals surface area contributed by atoms with E-state index in [9.17, 15) is 4.79 Å². The summed E-state index contributed by atoms with van der Waals surface area (Å²) in [6.45, 7) is 6.97. The fourth-order valence-corrected chi connectivity index (χ4v) is 1.25. The van der Waals surface area contributed by atoms with E-state index < -0.39 is 0 Å². The highest BCUT2D eigenvalue weighted by Gasteiger charge is 2.16. The Morgan fingerprint density at radius 1 is 1.47 bits per heavy atom. The average molecular weight is 209 g/mol. The molecule has 0 saturated carbocycles. The van der Waals surface area contributed by atoms with Crippen LogP contribution in [0.4, 0.5) is 0 Å². The van der Waals surface area contributed by atoms with E-state index in [-0.39, 0.29) is 11.0 Å². The van der Waals surface area contributed by atoms with Crippen molar-refractivity contribution in [1.82, 2.24) is 15.3 Å². The first kappa shape index (κ1) is 11.9. The lowest BCUT2D eigenvalue weighted by Gasteiger charge is -2.17. The van der Waals surface area contributed by atoms with Gasteiger partial charge in [0, 0.05) is 24.4 Å². The van der Waals surface area contributed by atoms with Crippen LogP contribution in [-0.4, -0.2) is 23.6 Å². The van der Waals surface area contributed by atoms with E-state index in [2.05, 4.69) is 36.1 Å². The Labute approximate surface area is 90.1 Å². The van der Waals surface area contributed by atoms with Gasteiger partial charge in [-0.15, -0.1) is 0 Å². The van der Waals surface area contributed by atoms with Crippen molar-refractivity contribution in [3.05, 3.63) is 27.9 Å². The third-order valence-electron chi connectivity index (χ3n) is 2.17. The predicted molar refractivity (Wildman–Crippen MR) is 61.2 cm³/mol. The van der Waals surface area contributed by atoms with Crippen LogP contribution in [0.25, 0.3) is 0 Å². The summed E-state index contributed by atoms with van der Waals surface area (Å²) in [6.07, 6.45) is 0.746. The van der Waals surface area contributed by atoms with Gasteiger partial charge in [-0.25, -0.2) is 4.98 Å². The predicted octanol–water partition coefficient (Wildman–Crippen LogP) is 0.829. The van der Waals surface area contributed by atoms with Crippen molar-refractivity contribution < 1.29 is 0 Å². The van der Waals surface area contributed by atoms with Crippen LogP contribution >= 0.6 is 0 Å². The summed E-state index contributed by atoms with van der Waals surface area (Å²) < 4.78 is 0. The summed E-state index contributed by atoms with van der Waals surface area (Å²) >= 11 is 0. The number of aromatic nitrogens is 2. The number of nitrogens with zero attached hydrogens (tertiary/aromatic N) is 1. The summed E-state index contributed by atoms with van der Waals surface area (Å²) in [7, 11) is 1.88. The SMILES string of the molecule is CNCCc1nc(C(C)(C)C)cc(=O)[nH]1. The molecule has 4 heteroatoms. The third kappa shape index (κ3) is 3.47. The molecule has 0 unspecified atom stereocenters. The van der Waals surface area contributed by atoms with Crippen LogP contribution in [0, 0.1) is 0 Å². The number of hydrogen-bond donors (Lipinski definition) is 2. The van der Waals surface area contributed by atoms with Gasteiger partial charge in [0.05, 0.1) is 5.69 Å². The maximum atomic E-state index is 11.4. The largest absolute Gasteiger partial charge is 0.319 e. The van der Waals surface area contributed by atoms with E-state index in [0.29, 0.717) is 0 Å². The van der Waals surface area contributed by atoms with Crippen LogP contribution in [0.2, 0.25) is 0 Å². The number of rotatable bonds is 3. The number of nitrogens with one attached hydrogen (secondary N) is 2. The van der Waals surface area contributed by atoms with Crippen LogP contribution in [0.3, 0.4) is 0 Å². The molecule has 1 heterocycles. The second-order valence-corrected chi connectivity index (χ2v) is 4.68. The standard InChI is InChI=1S/C11H19N3O/c1-11(2,3)8-7-10(15)14-9(13-8)5-6-12-4/h7,12H,5-6H2,1-4H3,(H,13,14,15). The van der Waals surface area contributed by atoms with E-state index in [0.717, 1.165) is 24.5 Å². The lowest BCUT2D eigenvalue weighted by molar-refractivity contribution is 0.559. The molecule has 1 rings (SSSR count). The first-order chi connectivity index (χ1) is 6.93. The highest BCUT2D eigenvalue weighted by Crippen LogP contribution is 2.17. The molecule has 1 aromatic rings. The van der Waals surface area contributed by atoms with Crippen molar-refractivity contribution in [2.45, 2.75) is 32.6 Å². The lowest BCUT2D eigenvalue weighted by atomic mass is 9.92. The third-order valence-corrected chi connectivity index (χ3v) is 2.17. The van der Waals surface area contributed by atoms with E-state index in [1.54, 1.807) is 6.07 Å². The first-order valence-electron chi connectivity index (χ1n) is 5.19. The lowest BCUT2D eigenvalue weighted by Crippen LogP contribution is -2.22.